The lowest BCUT2D eigenvalue weighted by atomic mass is 9.63. The Morgan fingerprint density at radius 1 is 1.11 bits per heavy atom. The molecule has 184 valence electrons. The standard InChI is InChI=1S/C28H32N2O5/c1-3-13-33-19-9-6-8-18(15-19)24-23-25(31)21-12-11-17-7-4-5-10-20(17)26(21)34-27(23)28(32)30(24)22-14-16(2)35-29-22/h6,8-9,14-15,17,20-21,24,26H,3-5,7,10-13H2,1-2H3. The maximum atomic E-state index is 14.1. The van der Waals surface area contributed by atoms with Crippen LogP contribution in [0.4, 0.5) is 5.82 Å². The zero-order valence-corrected chi connectivity index (χ0v) is 20.4. The molecule has 2 aliphatic heterocycles. The maximum absolute atomic E-state index is 14.1. The highest BCUT2D eigenvalue weighted by Crippen LogP contribution is 2.52. The summed E-state index contributed by atoms with van der Waals surface area (Å²) in [4.78, 5) is 29.5. The van der Waals surface area contributed by atoms with Crippen molar-refractivity contribution >= 4 is 17.5 Å². The number of benzene rings is 1. The summed E-state index contributed by atoms with van der Waals surface area (Å²) in [5.41, 5.74) is 1.26. The second kappa shape index (κ2) is 8.85. The molecule has 7 nitrogen and oxygen atoms in total. The van der Waals surface area contributed by atoms with Crippen molar-refractivity contribution in [2.75, 3.05) is 11.5 Å². The van der Waals surface area contributed by atoms with E-state index in [0.29, 0.717) is 41.3 Å². The van der Waals surface area contributed by atoms with Crippen molar-refractivity contribution in [3.05, 3.63) is 53.0 Å². The van der Waals surface area contributed by atoms with Crippen LogP contribution in [0.5, 0.6) is 5.75 Å². The number of aromatic nitrogens is 1. The first-order valence-electron chi connectivity index (χ1n) is 13.0. The van der Waals surface area contributed by atoms with Gasteiger partial charge in [-0.2, -0.15) is 0 Å². The quantitative estimate of drug-likeness (QED) is 0.583. The lowest BCUT2D eigenvalue weighted by Crippen LogP contribution is -2.48. The van der Waals surface area contributed by atoms with E-state index in [2.05, 4.69) is 12.1 Å². The second-order valence-corrected chi connectivity index (χ2v) is 10.4. The third-order valence-corrected chi connectivity index (χ3v) is 8.19. The number of ketones is 1. The number of amides is 1. The molecule has 2 aliphatic carbocycles. The maximum Gasteiger partial charge on any atom is 0.295 e. The number of hydrogen-bond donors (Lipinski definition) is 0. The molecule has 2 aromatic rings. The summed E-state index contributed by atoms with van der Waals surface area (Å²) in [5, 5.41) is 4.14. The number of fused-ring (bicyclic) bond motifs is 3. The number of nitrogens with zero attached hydrogens (tertiary/aromatic N) is 2. The van der Waals surface area contributed by atoms with Crippen LogP contribution in [0, 0.1) is 24.7 Å². The molecular formula is C28H32N2O5. The fourth-order valence-electron chi connectivity index (χ4n) is 6.64. The van der Waals surface area contributed by atoms with Crippen LogP contribution >= 0.6 is 0 Å². The number of hydrogen-bond acceptors (Lipinski definition) is 6. The molecule has 0 spiro atoms. The molecule has 4 aliphatic rings. The topological polar surface area (TPSA) is 81.9 Å². The zero-order valence-electron chi connectivity index (χ0n) is 20.4. The van der Waals surface area contributed by atoms with Crippen molar-refractivity contribution in [1.29, 1.82) is 0 Å². The molecule has 3 heterocycles. The monoisotopic (exact) mass is 476 g/mol. The van der Waals surface area contributed by atoms with Gasteiger partial charge in [-0.25, -0.2) is 0 Å². The fourth-order valence-corrected chi connectivity index (χ4v) is 6.64. The van der Waals surface area contributed by atoms with Gasteiger partial charge in [-0.15, -0.1) is 0 Å². The first kappa shape index (κ1) is 22.4. The summed E-state index contributed by atoms with van der Waals surface area (Å²) in [5.74, 6) is 2.39. The lowest BCUT2D eigenvalue weighted by Gasteiger charge is -2.46. The molecule has 0 bridgehead atoms. The number of anilines is 1. The molecule has 1 amide bonds. The van der Waals surface area contributed by atoms with Crippen LogP contribution in [0.2, 0.25) is 0 Å². The summed E-state index contributed by atoms with van der Waals surface area (Å²) in [6.07, 6.45) is 7.26. The van der Waals surface area contributed by atoms with Gasteiger partial charge in [-0.1, -0.05) is 43.5 Å². The van der Waals surface area contributed by atoms with E-state index in [1.54, 1.807) is 17.9 Å². The highest BCUT2D eigenvalue weighted by atomic mass is 16.5. The highest BCUT2D eigenvalue weighted by molar-refractivity contribution is 6.17. The van der Waals surface area contributed by atoms with E-state index in [4.69, 9.17) is 14.0 Å². The minimum absolute atomic E-state index is 0.0567. The van der Waals surface area contributed by atoms with Crippen LogP contribution < -0.4 is 9.64 Å². The molecule has 6 rings (SSSR count). The van der Waals surface area contributed by atoms with Gasteiger partial charge in [0, 0.05) is 6.07 Å². The third-order valence-electron chi connectivity index (χ3n) is 8.19. The molecule has 1 aromatic carbocycles. The Labute approximate surface area is 205 Å². The molecule has 2 saturated carbocycles. The Balaban J connectivity index is 1.43. The number of ether oxygens (including phenoxy) is 2. The molecular weight excluding hydrogens is 444 g/mol. The number of carbonyl (C=O) groups excluding carboxylic acids is 2. The van der Waals surface area contributed by atoms with Crippen molar-refractivity contribution < 1.29 is 23.6 Å². The summed E-state index contributed by atoms with van der Waals surface area (Å²) in [6, 6.07) is 8.76. The first-order valence-corrected chi connectivity index (χ1v) is 13.0. The second-order valence-electron chi connectivity index (χ2n) is 10.4. The van der Waals surface area contributed by atoms with Gasteiger partial charge in [-0.3, -0.25) is 14.5 Å². The normalized spacial score (nSPS) is 30.0. The molecule has 7 heteroatoms. The summed E-state index contributed by atoms with van der Waals surface area (Å²) in [6.45, 7) is 4.44. The Kier molecular flexibility index (Phi) is 5.66. The van der Waals surface area contributed by atoms with E-state index in [0.717, 1.165) is 31.2 Å². The molecule has 2 fully saturated rings. The smallest absolute Gasteiger partial charge is 0.295 e. The van der Waals surface area contributed by atoms with Crippen molar-refractivity contribution in [1.82, 2.24) is 5.16 Å². The van der Waals surface area contributed by atoms with Crippen molar-refractivity contribution in [3.63, 3.8) is 0 Å². The number of Topliss-reactive ketones (excluding diaryl/α,β-unsaturated/α-hetero) is 1. The molecule has 0 radical (unpaired) electrons. The molecule has 5 atom stereocenters. The molecule has 1 aromatic heterocycles. The molecule has 5 unspecified atom stereocenters. The van der Waals surface area contributed by atoms with Gasteiger partial charge in [0.1, 0.15) is 17.6 Å². The SMILES string of the molecule is CCCOc1cccc(C2C3=C(OC4C(CCC5CCCCC54)C3=O)C(=O)N2c2cc(C)on2)c1. The average molecular weight is 477 g/mol. The number of carbonyl (C=O) groups is 2. The Morgan fingerprint density at radius 3 is 2.77 bits per heavy atom. The van der Waals surface area contributed by atoms with Gasteiger partial charge >= 0.3 is 0 Å². The van der Waals surface area contributed by atoms with Crippen molar-refractivity contribution in [2.24, 2.45) is 17.8 Å². The van der Waals surface area contributed by atoms with E-state index < -0.39 is 6.04 Å². The van der Waals surface area contributed by atoms with Crippen LogP contribution in [0.15, 0.2) is 46.2 Å². The zero-order chi connectivity index (χ0) is 24.1. The van der Waals surface area contributed by atoms with Crippen LogP contribution in [0.3, 0.4) is 0 Å². The highest BCUT2D eigenvalue weighted by Gasteiger charge is 2.56. The van der Waals surface area contributed by atoms with Gasteiger partial charge in [-0.05, 0) is 62.1 Å². The Morgan fingerprint density at radius 2 is 1.97 bits per heavy atom. The average Bonchev–Trinajstić information content (AvgIpc) is 3.43. The number of rotatable bonds is 5. The first-order chi connectivity index (χ1) is 17.1. The predicted molar refractivity (Wildman–Crippen MR) is 129 cm³/mol. The summed E-state index contributed by atoms with van der Waals surface area (Å²) < 4.78 is 17.7. The minimum Gasteiger partial charge on any atom is -0.494 e. The molecule has 0 N–H and O–H groups in total. The molecule has 0 saturated heterocycles. The van der Waals surface area contributed by atoms with Gasteiger partial charge in [0.05, 0.1) is 24.1 Å². The third kappa shape index (κ3) is 3.67. The summed E-state index contributed by atoms with van der Waals surface area (Å²) >= 11 is 0. The van der Waals surface area contributed by atoms with E-state index in [9.17, 15) is 9.59 Å². The van der Waals surface area contributed by atoms with Gasteiger partial charge < -0.3 is 14.0 Å². The van der Waals surface area contributed by atoms with E-state index in [-0.39, 0.29) is 29.5 Å². The van der Waals surface area contributed by atoms with Crippen molar-refractivity contribution in [3.8, 4) is 5.75 Å². The Hall–Kier alpha value is -3.09. The summed E-state index contributed by atoms with van der Waals surface area (Å²) in [7, 11) is 0. The van der Waals surface area contributed by atoms with E-state index in [1.807, 2.05) is 24.3 Å². The fraction of sp³-hybridized carbons (Fsp3) is 0.536. The van der Waals surface area contributed by atoms with Crippen LogP contribution in [-0.2, 0) is 14.3 Å². The van der Waals surface area contributed by atoms with Gasteiger partial charge in [0.15, 0.2) is 17.4 Å². The van der Waals surface area contributed by atoms with Crippen LogP contribution in [0.1, 0.15) is 69.2 Å². The minimum atomic E-state index is -0.621. The van der Waals surface area contributed by atoms with Gasteiger partial charge in [0.2, 0.25) is 0 Å². The van der Waals surface area contributed by atoms with Gasteiger partial charge in [0.25, 0.3) is 5.91 Å². The molecule has 35 heavy (non-hydrogen) atoms. The lowest BCUT2D eigenvalue weighted by molar-refractivity contribution is -0.139. The van der Waals surface area contributed by atoms with Crippen molar-refractivity contribution in [2.45, 2.75) is 70.9 Å². The van der Waals surface area contributed by atoms with Crippen LogP contribution in [-0.4, -0.2) is 29.6 Å². The van der Waals surface area contributed by atoms with E-state index in [1.165, 1.54) is 19.3 Å². The largest absolute Gasteiger partial charge is 0.494 e. The Bertz CT molecular complexity index is 1180. The number of aryl methyl sites for hydroxylation is 1. The van der Waals surface area contributed by atoms with Crippen LogP contribution in [0.25, 0.3) is 0 Å². The predicted octanol–water partition coefficient (Wildman–Crippen LogP) is 5.30. The van der Waals surface area contributed by atoms with E-state index >= 15 is 0 Å².